The fraction of sp³-hybridized carbons (Fsp3) is 0.400. The summed E-state index contributed by atoms with van der Waals surface area (Å²) in [7, 11) is 1.58. The van der Waals surface area contributed by atoms with E-state index < -0.39 is 0 Å². The van der Waals surface area contributed by atoms with Gasteiger partial charge in [0.05, 0.1) is 6.61 Å². The lowest BCUT2D eigenvalue weighted by Crippen LogP contribution is -2.02. The van der Waals surface area contributed by atoms with Crippen LogP contribution in [0.5, 0.6) is 5.75 Å². The monoisotopic (exact) mass is 264 g/mol. The molecule has 0 aliphatic rings. The van der Waals surface area contributed by atoms with E-state index in [-0.39, 0.29) is 12.8 Å². The molecule has 0 unspecified atom stereocenters. The van der Waals surface area contributed by atoms with Crippen molar-refractivity contribution in [1.29, 1.82) is 0 Å². The molecule has 0 amide bonds. The van der Waals surface area contributed by atoms with Crippen LogP contribution in [-0.2, 0) is 14.3 Å². The molecule has 4 heteroatoms. The first-order valence-corrected chi connectivity index (χ1v) is 6.16. The lowest BCUT2D eigenvalue weighted by atomic mass is 10.1. The van der Waals surface area contributed by atoms with Crippen LogP contribution in [-0.4, -0.2) is 26.5 Å². The van der Waals surface area contributed by atoms with Crippen molar-refractivity contribution < 1.29 is 19.0 Å². The zero-order chi connectivity index (χ0) is 14.3. The summed E-state index contributed by atoms with van der Waals surface area (Å²) in [5, 5.41) is 0. The van der Waals surface area contributed by atoms with Crippen LogP contribution >= 0.6 is 0 Å². The fourth-order valence-corrected chi connectivity index (χ4v) is 1.78. The van der Waals surface area contributed by atoms with Crippen molar-refractivity contribution in [3.63, 3.8) is 0 Å². The van der Waals surface area contributed by atoms with E-state index in [2.05, 4.69) is 0 Å². The van der Waals surface area contributed by atoms with Gasteiger partial charge in [-0.3, -0.25) is 0 Å². The third-order valence-corrected chi connectivity index (χ3v) is 2.50. The van der Waals surface area contributed by atoms with Crippen molar-refractivity contribution in [3.8, 4) is 5.75 Å². The summed E-state index contributed by atoms with van der Waals surface area (Å²) in [4.78, 5) is 11.2. The second-order valence-electron chi connectivity index (χ2n) is 4.12. The van der Waals surface area contributed by atoms with Gasteiger partial charge in [-0.2, -0.15) is 0 Å². The van der Waals surface area contributed by atoms with E-state index in [4.69, 9.17) is 14.2 Å². The summed E-state index contributed by atoms with van der Waals surface area (Å²) < 4.78 is 15.2. The molecule has 19 heavy (non-hydrogen) atoms. The van der Waals surface area contributed by atoms with Crippen molar-refractivity contribution in [2.45, 2.75) is 20.8 Å². The van der Waals surface area contributed by atoms with Gasteiger partial charge < -0.3 is 14.2 Å². The van der Waals surface area contributed by atoms with Gasteiger partial charge in [0.15, 0.2) is 6.79 Å². The highest BCUT2D eigenvalue weighted by Crippen LogP contribution is 2.25. The number of rotatable bonds is 6. The standard InChI is InChI=1S/C15H20O4/c1-5-18-14(16)7-6-13-8-11(2)15(12(3)9-13)19-10-17-4/h6-9H,5,10H2,1-4H3. The van der Waals surface area contributed by atoms with E-state index in [0.29, 0.717) is 6.61 Å². The first-order valence-electron chi connectivity index (χ1n) is 6.16. The molecule has 1 aromatic carbocycles. The zero-order valence-corrected chi connectivity index (χ0v) is 11.9. The number of benzene rings is 1. The quantitative estimate of drug-likeness (QED) is 0.450. The van der Waals surface area contributed by atoms with E-state index >= 15 is 0 Å². The van der Waals surface area contributed by atoms with Gasteiger partial charge in [-0.1, -0.05) is 0 Å². The Hall–Kier alpha value is -1.81. The van der Waals surface area contributed by atoms with E-state index in [0.717, 1.165) is 22.4 Å². The molecule has 0 aromatic heterocycles. The van der Waals surface area contributed by atoms with Crippen molar-refractivity contribution in [1.82, 2.24) is 0 Å². The van der Waals surface area contributed by atoms with Crippen LogP contribution in [0.4, 0.5) is 0 Å². The number of hydrogen-bond donors (Lipinski definition) is 0. The Morgan fingerprint density at radius 2 is 1.89 bits per heavy atom. The molecule has 0 radical (unpaired) electrons. The minimum absolute atomic E-state index is 0.222. The van der Waals surface area contributed by atoms with Crippen LogP contribution in [0.1, 0.15) is 23.6 Å². The molecule has 104 valence electrons. The lowest BCUT2D eigenvalue weighted by molar-refractivity contribution is -0.137. The molecule has 4 nitrogen and oxygen atoms in total. The summed E-state index contributed by atoms with van der Waals surface area (Å²) >= 11 is 0. The van der Waals surface area contributed by atoms with E-state index in [1.54, 1.807) is 20.1 Å². The minimum Gasteiger partial charge on any atom is -0.467 e. The van der Waals surface area contributed by atoms with E-state index in [9.17, 15) is 4.79 Å². The average molecular weight is 264 g/mol. The smallest absolute Gasteiger partial charge is 0.330 e. The molecule has 0 saturated heterocycles. The third kappa shape index (κ3) is 4.75. The summed E-state index contributed by atoms with van der Waals surface area (Å²) in [5.74, 6) is 0.479. The van der Waals surface area contributed by atoms with Gasteiger partial charge in [0.2, 0.25) is 0 Å². The van der Waals surface area contributed by atoms with Gasteiger partial charge in [0.1, 0.15) is 5.75 Å². The fourth-order valence-electron chi connectivity index (χ4n) is 1.78. The molecule has 0 bridgehead atoms. The predicted octanol–water partition coefficient (Wildman–Crippen LogP) is 2.86. The van der Waals surface area contributed by atoms with Crippen LogP contribution in [0.15, 0.2) is 18.2 Å². The van der Waals surface area contributed by atoms with Crippen molar-refractivity contribution in [2.24, 2.45) is 0 Å². The Balaban J connectivity index is 2.85. The molecule has 0 saturated carbocycles. The number of carbonyl (C=O) groups excluding carboxylic acids is 1. The number of carbonyl (C=O) groups is 1. The molecule has 0 heterocycles. The number of methoxy groups -OCH3 is 1. The maximum Gasteiger partial charge on any atom is 0.330 e. The highest BCUT2D eigenvalue weighted by molar-refractivity contribution is 5.87. The number of esters is 1. The SMILES string of the molecule is CCOC(=O)C=Cc1cc(C)c(OCOC)c(C)c1. The molecule has 0 aliphatic heterocycles. The molecular weight excluding hydrogens is 244 g/mol. The number of ether oxygens (including phenoxy) is 3. The van der Waals surface area contributed by atoms with Gasteiger partial charge in [-0.15, -0.1) is 0 Å². The topological polar surface area (TPSA) is 44.8 Å². The van der Waals surface area contributed by atoms with Crippen LogP contribution in [0, 0.1) is 13.8 Å². The maximum atomic E-state index is 11.2. The molecule has 0 spiro atoms. The average Bonchev–Trinajstić information content (AvgIpc) is 2.36. The Bertz CT molecular complexity index is 440. The van der Waals surface area contributed by atoms with Gasteiger partial charge in [0, 0.05) is 13.2 Å². The second kappa shape index (κ2) is 7.59. The second-order valence-corrected chi connectivity index (χ2v) is 4.12. The van der Waals surface area contributed by atoms with Crippen LogP contribution in [0.2, 0.25) is 0 Å². The van der Waals surface area contributed by atoms with Gasteiger partial charge in [-0.05, 0) is 55.7 Å². The summed E-state index contributed by atoms with van der Waals surface area (Å²) in [5.41, 5.74) is 2.94. The first-order chi connectivity index (χ1) is 9.08. The van der Waals surface area contributed by atoms with E-state index in [1.807, 2.05) is 26.0 Å². The molecule has 1 aromatic rings. The van der Waals surface area contributed by atoms with Crippen LogP contribution < -0.4 is 4.74 Å². The highest BCUT2D eigenvalue weighted by atomic mass is 16.7. The van der Waals surface area contributed by atoms with Crippen molar-refractivity contribution >= 4 is 12.0 Å². The molecule has 0 aliphatic carbocycles. The van der Waals surface area contributed by atoms with Crippen LogP contribution in [0.3, 0.4) is 0 Å². The molecule has 0 N–H and O–H groups in total. The Morgan fingerprint density at radius 3 is 2.42 bits per heavy atom. The zero-order valence-electron chi connectivity index (χ0n) is 11.9. The Labute approximate surface area is 114 Å². The molecule has 0 atom stereocenters. The minimum atomic E-state index is -0.336. The summed E-state index contributed by atoms with van der Waals surface area (Å²) in [6.45, 7) is 6.30. The Kier molecular flexibility index (Phi) is 6.09. The molecule has 0 fully saturated rings. The van der Waals surface area contributed by atoms with Crippen molar-refractivity contribution in [3.05, 3.63) is 34.9 Å². The van der Waals surface area contributed by atoms with Gasteiger partial charge >= 0.3 is 5.97 Å². The normalized spacial score (nSPS) is 10.7. The number of hydrogen-bond acceptors (Lipinski definition) is 4. The lowest BCUT2D eigenvalue weighted by Gasteiger charge is -2.12. The van der Waals surface area contributed by atoms with Gasteiger partial charge in [-0.25, -0.2) is 4.79 Å². The number of aryl methyl sites for hydroxylation is 2. The first kappa shape index (κ1) is 15.2. The van der Waals surface area contributed by atoms with Crippen molar-refractivity contribution in [2.75, 3.05) is 20.5 Å². The third-order valence-electron chi connectivity index (χ3n) is 2.50. The predicted molar refractivity (Wildman–Crippen MR) is 74.1 cm³/mol. The summed E-state index contributed by atoms with van der Waals surface area (Å²) in [6, 6.07) is 3.90. The molecule has 1 rings (SSSR count). The Morgan fingerprint density at radius 1 is 1.26 bits per heavy atom. The van der Waals surface area contributed by atoms with E-state index in [1.165, 1.54) is 6.08 Å². The van der Waals surface area contributed by atoms with Crippen LogP contribution in [0.25, 0.3) is 6.08 Å². The van der Waals surface area contributed by atoms with Gasteiger partial charge in [0.25, 0.3) is 0 Å². The maximum absolute atomic E-state index is 11.2. The largest absolute Gasteiger partial charge is 0.467 e. The molecular formula is C15H20O4. The highest BCUT2D eigenvalue weighted by Gasteiger charge is 2.05. The summed E-state index contributed by atoms with van der Waals surface area (Å²) in [6.07, 6.45) is 3.16.